The van der Waals surface area contributed by atoms with Crippen LogP contribution in [0.5, 0.6) is 0 Å². The van der Waals surface area contributed by atoms with Crippen molar-refractivity contribution in [2.24, 2.45) is 0 Å². The highest BCUT2D eigenvalue weighted by molar-refractivity contribution is 7.92. The van der Waals surface area contributed by atoms with E-state index >= 15 is 0 Å². The van der Waals surface area contributed by atoms with Gasteiger partial charge in [0, 0.05) is 17.7 Å². The number of carbonyl (C=O) groups excluding carboxylic acids is 1. The number of rotatable bonds is 4. The minimum atomic E-state index is -3.70. The molecule has 0 saturated heterocycles. The predicted molar refractivity (Wildman–Crippen MR) is 112 cm³/mol. The molecule has 2 aliphatic rings. The van der Waals surface area contributed by atoms with Crippen molar-refractivity contribution in [3.63, 3.8) is 0 Å². The van der Waals surface area contributed by atoms with Gasteiger partial charge in [0.05, 0.1) is 16.3 Å². The van der Waals surface area contributed by atoms with Crippen LogP contribution in [0.4, 0.5) is 11.6 Å². The van der Waals surface area contributed by atoms with Crippen LogP contribution in [0.2, 0.25) is 0 Å². The first-order valence-electron chi connectivity index (χ1n) is 10.0. The number of nitrogens with one attached hydrogen (secondary N) is 1. The Morgan fingerprint density at radius 1 is 1.00 bits per heavy atom. The van der Waals surface area contributed by atoms with Crippen LogP contribution < -0.4 is 9.62 Å². The topological polar surface area (TPSA) is 92.5 Å². The smallest absolute Gasteiger partial charge is 0.264 e. The predicted octanol–water partition coefficient (Wildman–Crippen LogP) is 3.56. The van der Waals surface area contributed by atoms with Crippen molar-refractivity contribution in [1.29, 1.82) is 0 Å². The third kappa shape index (κ3) is 3.17. The van der Waals surface area contributed by atoms with Crippen LogP contribution in [0, 0.1) is 0 Å². The Bertz CT molecular complexity index is 1220. The van der Waals surface area contributed by atoms with Gasteiger partial charge >= 0.3 is 0 Å². The van der Waals surface area contributed by atoms with Crippen molar-refractivity contribution in [3.8, 4) is 0 Å². The van der Waals surface area contributed by atoms with Crippen molar-refractivity contribution in [3.05, 3.63) is 70.9 Å². The number of benzene rings is 2. The first-order valence-corrected chi connectivity index (χ1v) is 11.5. The second-order valence-electron chi connectivity index (χ2n) is 7.58. The van der Waals surface area contributed by atoms with E-state index in [1.165, 1.54) is 28.6 Å². The summed E-state index contributed by atoms with van der Waals surface area (Å²) in [6.45, 7) is 0.443. The summed E-state index contributed by atoms with van der Waals surface area (Å²) in [5.41, 5.74) is 3.96. The fraction of sp³-hybridized carbons (Fsp3) is 0.273. The summed E-state index contributed by atoms with van der Waals surface area (Å²) >= 11 is 0. The molecular weight excluding hydrogens is 402 g/mol. The molecule has 2 aromatic carbocycles. The van der Waals surface area contributed by atoms with E-state index in [-0.39, 0.29) is 10.8 Å². The van der Waals surface area contributed by atoms with Gasteiger partial charge in [0.2, 0.25) is 5.88 Å². The number of amides is 1. The number of carbonyl (C=O) groups is 1. The normalized spacial score (nSPS) is 15.5. The van der Waals surface area contributed by atoms with E-state index < -0.39 is 10.0 Å². The van der Waals surface area contributed by atoms with Crippen molar-refractivity contribution >= 4 is 27.5 Å². The van der Waals surface area contributed by atoms with Gasteiger partial charge in [-0.05, 0) is 68.0 Å². The summed E-state index contributed by atoms with van der Waals surface area (Å²) in [7, 11) is -3.70. The molecule has 1 aromatic heterocycles. The quantitative estimate of drug-likeness (QED) is 0.693. The first kappa shape index (κ1) is 18.9. The lowest BCUT2D eigenvalue weighted by molar-refractivity contribution is 0.102. The van der Waals surface area contributed by atoms with E-state index in [1.807, 2.05) is 24.3 Å². The standard InChI is InChI=1S/C22H21N3O4S/c26-21(23-22-18-7-3-8-19(18)24-29-22)16-10-12-17(13-11-16)30(27,28)25-14-4-6-15-5-1-2-9-20(15)25/h1-2,5,9-13H,3-4,6-8,14H2,(H,23,26). The SMILES string of the molecule is O=C(Nc1onc2c1CCC2)c1ccc(S(=O)(=O)N2CCCc3ccccc32)cc1. The number of anilines is 2. The molecule has 0 saturated carbocycles. The van der Waals surface area contributed by atoms with Gasteiger partial charge in [-0.15, -0.1) is 0 Å². The van der Waals surface area contributed by atoms with Crippen molar-refractivity contribution in [1.82, 2.24) is 5.16 Å². The minimum absolute atomic E-state index is 0.163. The summed E-state index contributed by atoms with van der Waals surface area (Å²) in [6, 6.07) is 13.6. The molecule has 154 valence electrons. The highest BCUT2D eigenvalue weighted by Gasteiger charge is 2.29. The van der Waals surface area contributed by atoms with E-state index in [0.717, 1.165) is 54.6 Å². The van der Waals surface area contributed by atoms with E-state index in [9.17, 15) is 13.2 Å². The number of sulfonamides is 1. The molecule has 0 radical (unpaired) electrons. The van der Waals surface area contributed by atoms with Gasteiger partial charge < -0.3 is 4.52 Å². The number of fused-ring (bicyclic) bond motifs is 2. The fourth-order valence-electron chi connectivity index (χ4n) is 4.16. The Morgan fingerprint density at radius 3 is 2.63 bits per heavy atom. The summed E-state index contributed by atoms with van der Waals surface area (Å²) in [5, 5.41) is 6.73. The molecule has 0 spiro atoms. The number of hydrogen-bond donors (Lipinski definition) is 1. The van der Waals surface area contributed by atoms with Gasteiger partial charge in [0.25, 0.3) is 15.9 Å². The molecule has 8 heteroatoms. The Hall–Kier alpha value is -3.13. The van der Waals surface area contributed by atoms with Crippen molar-refractivity contribution < 1.29 is 17.7 Å². The average Bonchev–Trinajstić information content (AvgIpc) is 3.38. The summed E-state index contributed by atoms with van der Waals surface area (Å²) < 4.78 is 33.1. The highest BCUT2D eigenvalue weighted by Crippen LogP contribution is 2.32. The molecule has 3 aromatic rings. The molecule has 1 N–H and O–H groups in total. The summed E-state index contributed by atoms with van der Waals surface area (Å²) in [5.74, 6) is 0.0298. The number of nitrogens with zero attached hydrogens (tertiary/aromatic N) is 2. The van der Waals surface area contributed by atoms with Gasteiger partial charge in [-0.25, -0.2) is 8.42 Å². The highest BCUT2D eigenvalue weighted by atomic mass is 32.2. The summed E-state index contributed by atoms with van der Waals surface area (Å²) in [4.78, 5) is 12.7. The number of aromatic nitrogens is 1. The van der Waals surface area contributed by atoms with Crippen LogP contribution in [-0.2, 0) is 29.3 Å². The lowest BCUT2D eigenvalue weighted by Gasteiger charge is -2.30. The molecule has 1 aliphatic carbocycles. The maximum atomic E-state index is 13.2. The van der Waals surface area contributed by atoms with Crippen LogP contribution >= 0.6 is 0 Å². The van der Waals surface area contributed by atoms with E-state index in [1.54, 1.807) is 0 Å². The molecule has 5 rings (SSSR count). The lowest BCUT2D eigenvalue weighted by atomic mass is 10.0. The van der Waals surface area contributed by atoms with E-state index in [2.05, 4.69) is 10.5 Å². The zero-order valence-electron chi connectivity index (χ0n) is 16.3. The van der Waals surface area contributed by atoms with Crippen LogP contribution in [-0.4, -0.2) is 26.0 Å². The van der Waals surface area contributed by atoms with Crippen LogP contribution in [0.25, 0.3) is 0 Å². The molecule has 0 bridgehead atoms. The maximum absolute atomic E-state index is 13.2. The molecule has 1 amide bonds. The monoisotopic (exact) mass is 423 g/mol. The zero-order chi connectivity index (χ0) is 20.7. The van der Waals surface area contributed by atoms with Crippen LogP contribution in [0.1, 0.15) is 40.0 Å². The second kappa shape index (κ2) is 7.28. The van der Waals surface area contributed by atoms with Crippen molar-refractivity contribution in [2.75, 3.05) is 16.2 Å². The fourth-order valence-corrected chi connectivity index (χ4v) is 5.70. The molecule has 0 atom stereocenters. The maximum Gasteiger partial charge on any atom is 0.264 e. The Balaban J connectivity index is 1.37. The molecule has 7 nitrogen and oxygen atoms in total. The minimum Gasteiger partial charge on any atom is -0.338 e. The van der Waals surface area contributed by atoms with Crippen LogP contribution in [0.15, 0.2) is 57.9 Å². The lowest BCUT2D eigenvalue weighted by Crippen LogP contribution is -2.35. The Kier molecular flexibility index (Phi) is 4.58. The molecule has 2 heterocycles. The van der Waals surface area contributed by atoms with Crippen LogP contribution in [0.3, 0.4) is 0 Å². The van der Waals surface area contributed by atoms with Gasteiger partial charge in [-0.1, -0.05) is 23.4 Å². The molecule has 0 unspecified atom stereocenters. The van der Waals surface area contributed by atoms with E-state index in [4.69, 9.17) is 4.52 Å². The molecule has 30 heavy (non-hydrogen) atoms. The Labute approximate surface area is 174 Å². The van der Waals surface area contributed by atoms with Gasteiger partial charge in [-0.2, -0.15) is 0 Å². The van der Waals surface area contributed by atoms with E-state index in [0.29, 0.717) is 18.0 Å². The van der Waals surface area contributed by atoms with Gasteiger partial charge in [0.15, 0.2) is 0 Å². The average molecular weight is 423 g/mol. The second-order valence-corrected chi connectivity index (χ2v) is 9.44. The molecule has 1 aliphatic heterocycles. The first-order chi connectivity index (χ1) is 14.5. The van der Waals surface area contributed by atoms with Gasteiger partial charge in [-0.3, -0.25) is 14.4 Å². The Morgan fingerprint density at radius 2 is 1.80 bits per heavy atom. The molecule has 0 fully saturated rings. The largest absolute Gasteiger partial charge is 0.338 e. The third-order valence-electron chi connectivity index (χ3n) is 5.71. The van der Waals surface area contributed by atoms with Crippen molar-refractivity contribution in [2.45, 2.75) is 37.0 Å². The number of hydrogen-bond acceptors (Lipinski definition) is 5. The molecular formula is C22H21N3O4S. The zero-order valence-corrected chi connectivity index (χ0v) is 17.1. The number of aryl methyl sites for hydroxylation is 2. The van der Waals surface area contributed by atoms with Gasteiger partial charge in [0.1, 0.15) is 0 Å². The number of para-hydroxylation sites is 1. The summed E-state index contributed by atoms with van der Waals surface area (Å²) in [6.07, 6.45) is 4.35. The third-order valence-corrected chi connectivity index (χ3v) is 7.54.